The van der Waals surface area contributed by atoms with Crippen molar-refractivity contribution in [3.8, 4) is 22.1 Å². The lowest BCUT2D eigenvalue weighted by atomic mass is 10.2. The number of thiazole rings is 1. The summed E-state index contributed by atoms with van der Waals surface area (Å²) in [5.74, 6) is 1.39. The molecule has 0 unspecified atom stereocenters. The van der Waals surface area contributed by atoms with Gasteiger partial charge in [0.2, 0.25) is 5.91 Å². The first kappa shape index (κ1) is 17.0. The van der Waals surface area contributed by atoms with Crippen LogP contribution in [0, 0.1) is 0 Å². The van der Waals surface area contributed by atoms with Crippen LogP contribution in [-0.2, 0) is 11.2 Å². The Labute approximate surface area is 150 Å². The van der Waals surface area contributed by atoms with Crippen molar-refractivity contribution in [3.63, 3.8) is 0 Å². The second-order valence-electron chi connectivity index (χ2n) is 5.33. The van der Waals surface area contributed by atoms with Crippen molar-refractivity contribution in [2.75, 3.05) is 19.5 Å². The van der Waals surface area contributed by atoms with E-state index in [0.717, 1.165) is 22.0 Å². The van der Waals surface area contributed by atoms with Gasteiger partial charge in [-0.3, -0.25) is 4.79 Å². The number of hydrogen-bond donors (Lipinski definition) is 1. The summed E-state index contributed by atoms with van der Waals surface area (Å²) < 4.78 is 10.3. The summed E-state index contributed by atoms with van der Waals surface area (Å²) in [7, 11) is 3.23. The number of aromatic nitrogens is 1. The molecule has 0 atom stereocenters. The zero-order chi connectivity index (χ0) is 17.6. The SMILES string of the molecule is COc1ccc(-c2nc(CC(=O)Nc3cccc(OC)c3)cs2)cc1. The van der Waals surface area contributed by atoms with E-state index in [0.29, 0.717) is 11.4 Å². The molecule has 1 heterocycles. The van der Waals surface area contributed by atoms with E-state index in [1.54, 1.807) is 20.3 Å². The highest BCUT2D eigenvalue weighted by atomic mass is 32.1. The van der Waals surface area contributed by atoms with E-state index in [2.05, 4.69) is 10.3 Å². The number of benzene rings is 2. The monoisotopic (exact) mass is 354 g/mol. The van der Waals surface area contributed by atoms with Crippen molar-refractivity contribution in [2.24, 2.45) is 0 Å². The standard InChI is InChI=1S/C19H18N2O3S/c1-23-16-8-6-13(7-9-16)19-21-15(12-25-19)11-18(22)20-14-4-3-5-17(10-14)24-2/h3-10,12H,11H2,1-2H3,(H,20,22). The lowest BCUT2D eigenvalue weighted by molar-refractivity contribution is -0.115. The highest BCUT2D eigenvalue weighted by Gasteiger charge is 2.10. The Morgan fingerprint density at radius 2 is 1.84 bits per heavy atom. The fourth-order valence-electron chi connectivity index (χ4n) is 2.32. The lowest BCUT2D eigenvalue weighted by Gasteiger charge is -2.06. The summed E-state index contributed by atoms with van der Waals surface area (Å²) in [5.41, 5.74) is 2.46. The molecule has 1 amide bonds. The highest BCUT2D eigenvalue weighted by molar-refractivity contribution is 7.13. The van der Waals surface area contributed by atoms with E-state index < -0.39 is 0 Å². The predicted molar refractivity (Wildman–Crippen MR) is 99.4 cm³/mol. The zero-order valence-corrected chi connectivity index (χ0v) is 14.8. The third-order valence-corrected chi connectivity index (χ3v) is 4.52. The van der Waals surface area contributed by atoms with Crippen molar-refractivity contribution in [1.82, 2.24) is 4.98 Å². The summed E-state index contributed by atoms with van der Waals surface area (Å²) in [5, 5.41) is 5.65. The molecule has 0 aliphatic carbocycles. The number of amides is 1. The Bertz CT molecular complexity index is 859. The van der Waals surface area contributed by atoms with Crippen molar-refractivity contribution >= 4 is 22.9 Å². The van der Waals surface area contributed by atoms with E-state index in [9.17, 15) is 4.79 Å². The summed E-state index contributed by atoms with van der Waals surface area (Å²) in [6, 6.07) is 15.0. The fraction of sp³-hybridized carbons (Fsp3) is 0.158. The van der Waals surface area contributed by atoms with Crippen molar-refractivity contribution in [2.45, 2.75) is 6.42 Å². The van der Waals surface area contributed by atoms with Crippen LogP contribution in [0.15, 0.2) is 53.9 Å². The van der Waals surface area contributed by atoms with E-state index in [1.807, 2.05) is 47.8 Å². The molecule has 3 rings (SSSR count). The minimum absolute atomic E-state index is 0.111. The van der Waals surface area contributed by atoms with Gasteiger partial charge in [0.05, 0.1) is 26.3 Å². The molecule has 0 saturated heterocycles. The van der Waals surface area contributed by atoms with Gasteiger partial charge in [0.15, 0.2) is 0 Å². The number of anilines is 1. The van der Waals surface area contributed by atoms with Crippen LogP contribution in [0.1, 0.15) is 5.69 Å². The average Bonchev–Trinajstić information content (AvgIpc) is 3.10. The first-order valence-electron chi connectivity index (χ1n) is 7.70. The molecule has 1 aromatic heterocycles. The molecule has 3 aromatic rings. The second-order valence-corrected chi connectivity index (χ2v) is 6.19. The van der Waals surface area contributed by atoms with Crippen molar-refractivity contribution < 1.29 is 14.3 Å². The van der Waals surface area contributed by atoms with Gasteiger partial charge in [-0.15, -0.1) is 11.3 Å². The minimum Gasteiger partial charge on any atom is -0.497 e. The van der Waals surface area contributed by atoms with E-state index in [4.69, 9.17) is 9.47 Å². The number of carbonyl (C=O) groups excluding carboxylic acids is 1. The molecule has 0 radical (unpaired) electrons. The Kier molecular flexibility index (Phi) is 5.30. The normalized spacial score (nSPS) is 10.3. The van der Waals surface area contributed by atoms with E-state index in [1.165, 1.54) is 11.3 Å². The molecule has 0 aliphatic heterocycles. The quantitative estimate of drug-likeness (QED) is 0.727. The van der Waals surface area contributed by atoms with Gasteiger partial charge in [-0.2, -0.15) is 0 Å². The van der Waals surface area contributed by atoms with Gasteiger partial charge >= 0.3 is 0 Å². The van der Waals surface area contributed by atoms with Crippen LogP contribution < -0.4 is 14.8 Å². The number of methoxy groups -OCH3 is 2. The molecule has 0 spiro atoms. The molecule has 1 N–H and O–H groups in total. The number of rotatable bonds is 6. The van der Waals surface area contributed by atoms with Gasteiger partial charge in [0, 0.05) is 22.7 Å². The summed E-state index contributed by atoms with van der Waals surface area (Å²) in [4.78, 5) is 16.8. The zero-order valence-electron chi connectivity index (χ0n) is 14.0. The summed E-state index contributed by atoms with van der Waals surface area (Å²) >= 11 is 1.52. The number of ether oxygens (including phenoxy) is 2. The van der Waals surface area contributed by atoms with Crippen LogP contribution >= 0.6 is 11.3 Å². The second kappa shape index (κ2) is 7.81. The molecule has 6 heteroatoms. The van der Waals surface area contributed by atoms with Crippen LogP contribution in [0.2, 0.25) is 0 Å². The maximum atomic E-state index is 12.2. The van der Waals surface area contributed by atoms with Crippen LogP contribution in [0.5, 0.6) is 11.5 Å². The molecule has 0 bridgehead atoms. The molecule has 0 saturated carbocycles. The number of nitrogens with one attached hydrogen (secondary N) is 1. The van der Waals surface area contributed by atoms with Gasteiger partial charge in [-0.05, 0) is 36.4 Å². The fourth-order valence-corrected chi connectivity index (χ4v) is 3.15. The predicted octanol–water partition coefficient (Wildman–Crippen LogP) is 4.01. The van der Waals surface area contributed by atoms with Crippen molar-refractivity contribution in [1.29, 1.82) is 0 Å². The average molecular weight is 354 g/mol. The summed E-state index contributed by atoms with van der Waals surface area (Å²) in [6.07, 6.45) is 0.226. The van der Waals surface area contributed by atoms with Gasteiger partial charge in [0.25, 0.3) is 0 Å². The Hall–Kier alpha value is -2.86. The topological polar surface area (TPSA) is 60.5 Å². The lowest BCUT2D eigenvalue weighted by Crippen LogP contribution is -2.14. The van der Waals surface area contributed by atoms with Crippen molar-refractivity contribution in [3.05, 3.63) is 59.6 Å². The number of nitrogens with zero attached hydrogens (tertiary/aromatic N) is 1. The molecular formula is C19H18N2O3S. The van der Waals surface area contributed by atoms with E-state index in [-0.39, 0.29) is 12.3 Å². The maximum Gasteiger partial charge on any atom is 0.230 e. The van der Waals surface area contributed by atoms with Gasteiger partial charge in [0.1, 0.15) is 16.5 Å². The van der Waals surface area contributed by atoms with Crippen LogP contribution in [-0.4, -0.2) is 25.1 Å². The molecule has 5 nitrogen and oxygen atoms in total. The molecule has 128 valence electrons. The van der Waals surface area contributed by atoms with Crippen LogP contribution in [0.25, 0.3) is 10.6 Å². The largest absolute Gasteiger partial charge is 0.497 e. The maximum absolute atomic E-state index is 12.2. The smallest absolute Gasteiger partial charge is 0.230 e. The summed E-state index contributed by atoms with van der Waals surface area (Å²) in [6.45, 7) is 0. The van der Waals surface area contributed by atoms with Crippen LogP contribution in [0.4, 0.5) is 5.69 Å². The Morgan fingerprint density at radius 1 is 1.08 bits per heavy atom. The third kappa shape index (κ3) is 4.36. The first-order chi connectivity index (χ1) is 12.2. The molecule has 2 aromatic carbocycles. The van der Waals surface area contributed by atoms with E-state index >= 15 is 0 Å². The molecule has 25 heavy (non-hydrogen) atoms. The first-order valence-corrected chi connectivity index (χ1v) is 8.58. The van der Waals surface area contributed by atoms with Gasteiger partial charge in [-0.1, -0.05) is 6.07 Å². The molecule has 0 aliphatic rings. The minimum atomic E-state index is -0.111. The Morgan fingerprint density at radius 3 is 2.56 bits per heavy atom. The highest BCUT2D eigenvalue weighted by Crippen LogP contribution is 2.26. The number of carbonyl (C=O) groups is 1. The number of hydrogen-bond acceptors (Lipinski definition) is 5. The molecule has 0 fully saturated rings. The third-order valence-electron chi connectivity index (χ3n) is 3.58. The Balaban J connectivity index is 1.64. The van der Waals surface area contributed by atoms with Gasteiger partial charge < -0.3 is 14.8 Å². The van der Waals surface area contributed by atoms with Crippen LogP contribution in [0.3, 0.4) is 0 Å². The van der Waals surface area contributed by atoms with Gasteiger partial charge in [-0.25, -0.2) is 4.98 Å². The molecular weight excluding hydrogens is 336 g/mol.